The molecule has 0 atom stereocenters. The van der Waals surface area contributed by atoms with Crippen molar-refractivity contribution in [1.82, 2.24) is 19.6 Å². The van der Waals surface area contributed by atoms with E-state index in [-0.39, 0.29) is 11.6 Å². The summed E-state index contributed by atoms with van der Waals surface area (Å²) in [5.74, 6) is 0.0804. The zero-order chi connectivity index (χ0) is 28.0. The van der Waals surface area contributed by atoms with Crippen molar-refractivity contribution in [1.29, 1.82) is 0 Å². The van der Waals surface area contributed by atoms with Gasteiger partial charge in [-0.05, 0) is 86.3 Å². The highest BCUT2D eigenvalue weighted by Crippen LogP contribution is 2.32. The number of rotatable bonds is 10. The number of benzene rings is 2. The Morgan fingerprint density at radius 1 is 0.842 bits per heavy atom. The molecular weight excluding hydrogens is 572 g/mol. The standard InChI is InChI=1S/C15H20N2O2.C13H14BrClN2O2/c1-10-8-13(12(3)18)9-14-15(10)11(2)16-17(14)6-5-7-19-4;1-8(18)9-6-10(15)12-11(7-9)17(16-13(12)14)4-3-5-19-2/h8-9H,5-7H2,1-4H3;6-7H,3-5H2,1-2H3. The van der Waals surface area contributed by atoms with Crippen LogP contribution in [0.4, 0.5) is 0 Å². The molecule has 0 aliphatic carbocycles. The summed E-state index contributed by atoms with van der Waals surface area (Å²) < 4.78 is 14.6. The maximum absolute atomic E-state index is 11.6. The average molecular weight is 606 g/mol. The van der Waals surface area contributed by atoms with Crippen LogP contribution in [0.5, 0.6) is 0 Å². The van der Waals surface area contributed by atoms with E-state index >= 15 is 0 Å². The molecule has 0 aliphatic heterocycles. The maximum atomic E-state index is 11.6. The van der Waals surface area contributed by atoms with E-state index in [0.717, 1.165) is 58.0 Å². The third kappa shape index (κ3) is 6.88. The number of hydrogen-bond donors (Lipinski definition) is 0. The number of nitrogens with zero attached hydrogens (tertiary/aromatic N) is 4. The SMILES string of the molecule is COCCCn1nc(Br)c2c(Cl)cc(C(C)=O)cc21.COCCCn1nc(C)c2c(C)cc(C(C)=O)cc21. The van der Waals surface area contributed by atoms with Gasteiger partial charge < -0.3 is 9.47 Å². The number of aromatic nitrogens is 4. The molecule has 0 saturated heterocycles. The first-order valence-electron chi connectivity index (χ1n) is 12.4. The van der Waals surface area contributed by atoms with Gasteiger partial charge in [0.25, 0.3) is 0 Å². The van der Waals surface area contributed by atoms with Crippen LogP contribution in [0.3, 0.4) is 0 Å². The fraction of sp³-hybridized carbons (Fsp3) is 0.429. The van der Waals surface area contributed by atoms with Gasteiger partial charge in [-0.15, -0.1) is 0 Å². The van der Waals surface area contributed by atoms with Gasteiger partial charge in [-0.2, -0.15) is 10.2 Å². The van der Waals surface area contributed by atoms with Gasteiger partial charge in [0, 0.05) is 57.0 Å². The Morgan fingerprint density at radius 3 is 1.87 bits per heavy atom. The molecule has 4 aromatic rings. The molecule has 2 heterocycles. The van der Waals surface area contributed by atoms with Crippen molar-refractivity contribution in [3.05, 3.63) is 56.3 Å². The average Bonchev–Trinajstić information content (AvgIpc) is 3.36. The third-order valence-corrected chi connectivity index (χ3v) is 7.09. The van der Waals surface area contributed by atoms with Crippen LogP contribution in [0.25, 0.3) is 21.8 Å². The highest BCUT2D eigenvalue weighted by molar-refractivity contribution is 9.10. The highest BCUT2D eigenvalue weighted by Gasteiger charge is 2.15. The van der Waals surface area contributed by atoms with Crippen molar-refractivity contribution in [3.63, 3.8) is 0 Å². The van der Waals surface area contributed by atoms with Crippen molar-refractivity contribution in [2.75, 3.05) is 27.4 Å². The molecule has 0 unspecified atom stereocenters. The summed E-state index contributed by atoms with van der Waals surface area (Å²) in [6.07, 6.45) is 1.76. The van der Waals surface area contributed by atoms with Gasteiger partial charge >= 0.3 is 0 Å². The van der Waals surface area contributed by atoms with E-state index in [1.54, 1.807) is 27.2 Å². The van der Waals surface area contributed by atoms with E-state index in [9.17, 15) is 9.59 Å². The number of hydrogen-bond acceptors (Lipinski definition) is 6. The van der Waals surface area contributed by atoms with Crippen LogP contribution in [-0.4, -0.2) is 58.6 Å². The molecule has 0 aliphatic rings. The summed E-state index contributed by atoms with van der Waals surface area (Å²) in [6.45, 7) is 10.1. The van der Waals surface area contributed by atoms with Crippen molar-refractivity contribution < 1.29 is 19.1 Å². The molecule has 0 saturated carbocycles. The summed E-state index contributed by atoms with van der Waals surface area (Å²) in [4.78, 5) is 23.1. The number of halogens is 2. The molecule has 0 spiro atoms. The number of ether oxygens (including phenoxy) is 2. The van der Waals surface area contributed by atoms with Crippen molar-refractivity contribution in [2.45, 2.75) is 53.6 Å². The number of ketones is 2. The molecule has 0 bridgehead atoms. The Morgan fingerprint density at radius 2 is 1.34 bits per heavy atom. The zero-order valence-electron chi connectivity index (χ0n) is 22.7. The van der Waals surface area contributed by atoms with Crippen LogP contribution in [0.2, 0.25) is 5.02 Å². The minimum absolute atomic E-state index is 0.00966. The Labute approximate surface area is 236 Å². The normalized spacial score (nSPS) is 11.2. The Bertz CT molecular complexity index is 1350. The number of fused-ring (bicyclic) bond motifs is 2. The predicted molar refractivity (Wildman–Crippen MR) is 155 cm³/mol. The number of carbonyl (C=O) groups excluding carboxylic acids is 2. The van der Waals surface area contributed by atoms with E-state index in [4.69, 9.17) is 21.1 Å². The highest BCUT2D eigenvalue weighted by atomic mass is 79.9. The maximum Gasteiger partial charge on any atom is 0.159 e. The van der Waals surface area contributed by atoms with Crippen molar-refractivity contribution in [3.8, 4) is 0 Å². The van der Waals surface area contributed by atoms with Crippen LogP contribution in [-0.2, 0) is 22.6 Å². The van der Waals surface area contributed by atoms with Gasteiger partial charge in [0.1, 0.15) is 4.60 Å². The Kier molecular flexibility index (Phi) is 10.6. The molecule has 38 heavy (non-hydrogen) atoms. The molecule has 10 heteroatoms. The van der Waals surface area contributed by atoms with Crippen molar-refractivity contribution >= 4 is 60.9 Å². The quantitative estimate of drug-likeness (QED) is 0.150. The lowest BCUT2D eigenvalue weighted by atomic mass is 10.0. The van der Waals surface area contributed by atoms with Crippen LogP contribution < -0.4 is 0 Å². The van der Waals surface area contributed by atoms with Gasteiger partial charge in [0.05, 0.1) is 27.1 Å². The summed E-state index contributed by atoms with van der Waals surface area (Å²) in [5.41, 5.74) is 5.37. The second-order valence-corrected chi connectivity index (χ2v) is 10.3. The first kappa shape index (κ1) is 30.0. The van der Waals surface area contributed by atoms with E-state index < -0.39 is 0 Å². The lowest BCUT2D eigenvalue weighted by molar-refractivity contribution is 0.100. The molecular formula is C28H34BrClN4O4. The predicted octanol–water partition coefficient (Wildman–Crippen LogP) is 6.58. The summed E-state index contributed by atoms with van der Waals surface area (Å²) in [6, 6.07) is 7.39. The zero-order valence-corrected chi connectivity index (χ0v) is 25.1. The fourth-order valence-corrected chi connectivity index (χ4v) is 5.43. The van der Waals surface area contributed by atoms with E-state index in [0.29, 0.717) is 34.9 Å². The van der Waals surface area contributed by atoms with Crippen LogP contribution >= 0.6 is 27.5 Å². The monoisotopic (exact) mass is 604 g/mol. The molecule has 4 rings (SSSR count). The van der Waals surface area contributed by atoms with Crippen molar-refractivity contribution in [2.24, 2.45) is 0 Å². The second kappa shape index (κ2) is 13.5. The number of Topliss-reactive ketones (excluding diaryl/α,β-unsaturated/α-hetero) is 2. The minimum Gasteiger partial charge on any atom is -0.385 e. The van der Waals surface area contributed by atoms with E-state index in [2.05, 4.69) is 26.1 Å². The van der Waals surface area contributed by atoms with E-state index in [1.807, 2.05) is 41.4 Å². The van der Waals surface area contributed by atoms with Gasteiger partial charge in [-0.3, -0.25) is 19.0 Å². The second-order valence-electron chi connectivity index (χ2n) is 9.17. The Balaban J connectivity index is 0.000000211. The molecule has 0 radical (unpaired) electrons. The fourth-order valence-electron chi connectivity index (χ4n) is 4.40. The number of carbonyl (C=O) groups is 2. The molecule has 0 amide bonds. The first-order valence-corrected chi connectivity index (χ1v) is 13.6. The molecule has 0 N–H and O–H groups in total. The van der Waals surface area contributed by atoms with E-state index in [1.165, 1.54) is 6.92 Å². The lowest BCUT2D eigenvalue weighted by Crippen LogP contribution is -2.04. The number of aryl methyl sites for hydroxylation is 4. The smallest absolute Gasteiger partial charge is 0.159 e. The van der Waals surface area contributed by atoms with Gasteiger partial charge in [0.15, 0.2) is 11.6 Å². The summed E-state index contributed by atoms with van der Waals surface area (Å²) in [7, 11) is 3.37. The molecule has 8 nitrogen and oxygen atoms in total. The topological polar surface area (TPSA) is 88.2 Å². The van der Waals surface area contributed by atoms with Gasteiger partial charge in [-0.1, -0.05) is 11.6 Å². The molecule has 2 aromatic heterocycles. The first-order chi connectivity index (χ1) is 18.1. The lowest BCUT2D eigenvalue weighted by Gasteiger charge is -2.05. The van der Waals surface area contributed by atoms with Gasteiger partial charge in [0.2, 0.25) is 0 Å². The molecule has 0 fully saturated rings. The van der Waals surface area contributed by atoms with Crippen LogP contribution in [0.1, 0.15) is 58.7 Å². The Hall–Kier alpha value is -2.59. The number of methoxy groups -OCH3 is 2. The largest absolute Gasteiger partial charge is 0.385 e. The molecule has 204 valence electrons. The summed E-state index contributed by atoms with van der Waals surface area (Å²) >= 11 is 9.63. The molecule has 2 aromatic carbocycles. The van der Waals surface area contributed by atoms with Crippen LogP contribution in [0, 0.1) is 13.8 Å². The third-order valence-electron chi connectivity index (χ3n) is 6.24. The van der Waals surface area contributed by atoms with Crippen LogP contribution in [0.15, 0.2) is 28.9 Å². The summed E-state index contributed by atoms with van der Waals surface area (Å²) in [5, 5.41) is 11.5. The minimum atomic E-state index is -0.00966. The van der Waals surface area contributed by atoms with Gasteiger partial charge in [-0.25, -0.2) is 0 Å².